The van der Waals surface area contributed by atoms with Crippen LogP contribution in [-0.4, -0.2) is 39.5 Å². The Balaban J connectivity index is 1.81. The topological polar surface area (TPSA) is 51.0 Å². The maximum atomic E-state index is 5.36. The molecule has 0 amide bonds. The average molecular weight is 301 g/mol. The van der Waals surface area contributed by atoms with Crippen LogP contribution in [0.4, 0.5) is 0 Å². The molecule has 0 aromatic carbocycles. The van der Waals surface area contributed by atoms with Crippen molar-refractivity contribution < 1.29 is 4.52 Å². The highest BCUT2D eigenvalue weighted by Gasteiger charge is 2.28. The van der Waals surface area contributed by atoms with Crippen molar-refractivity contribution in [2.24, 2.45) is 0 Å². The van der Waals surface area contributed by atoms with E-state index in [1.54, 1.807) is 0 Å². The molecule has 19 heavy (non-hydrogen) atoms. The van der Waals surface area contributed by atoms with Crippen LogP contribution in [0, 0.1) is 0 Å². The van der Waals surface area contributed by atoms with Gasteiger partial charge in [0.25, 0.3) is 0 Å². The van der Waals surface area contributed by atoms with Crippen LogP contribution in [0.1, 0.15) is 44.2 Å². The average Bonchev–Trinajstić information content (AvgIpc) is 2.83. The van der Waals surface area contributed by atoms with Gasteiger partial charge in [-0.1, -0.05) is 25.9 Å². The van der Waals surface area contributed by atoms with E-state index in [-0.39, 0.29) is 0 Å². The number of aryl methyl sites for hydroxylation is 1. The molecule has 0 aliphatic carbocycles. The normalized spacial score (nSPS) is 24.0. The first-order valence-electron chi connectivity index (χ1n) is 6.96. The third-order valence-corrected chi connectivity index (χ3v) is 6.13. The lowest BCUT2D eigenvalue weighted by atomic mass is 10.3. The van der Waals surface area contributed by atoms with Gasteiger partial charge in [-0.2, -0.15) is 16.7 Å². The van der Waals surface area contributed by atoms with E-state index in [1.165, 1.54) is 11.5 Å². The molecule has 0 spiro atoms. The molecule has 1 fully saturated rings. The van der Waals surface area contributed by atoms with Gasteiger partial charge < -0.3 is 9.84 Å². The summed E-state index contributed by atoms with van der Waals surface area (Å²) in [6, 6.07) is 0.537. The van der Waals surface area contributed by atoms with Crippen LogP contribution < -0.4 is 5.32 Å². The Hall–Kier alpha value is -0.200. The molecule has 2 unspecified atom stereocenters. The first-order chi connectivity index (χ1) is 9.16. The van der Waals surface area contributed by atoms with Crippen molar-refractivity contribution in [3.63, 3.8) is 0 Å². The van der Waals surface area contributed by atoms with Crippen molar-refractivity contribution in [2.75, 3.05) is 18.1 Å². The van der Waals surface area contributed by atoms with Gasteiger partial charge in [0.1, 0.15) is 0 Å². The summed E-state index contributed by atoms with van der Waals surface area (Å²) in [4.78, 5) is 4.56. The van der Waals surface area contributed by atoms with Crippen LogP contribution in [0.5, 0.6) is 0 Å². The highest BCUT2D eigenvalue weighted by atomic mass is 32.2. The highest BCUT2D eigenvalue weighted by molar-refractivity contribution is 8.06. The maximum absolute atomic E-state index is 5.36. The lowest BCUT2D eigenvalue weighted by Gasteiger charge is -2.24. The molecule has 0 saturated carbocycles. The molecule has 1 aliphatic heterocycles. The Labute approximate surface area is 123 Å². The lowest BCUT2D eigenvalue weighted by Crippen LogP contribution is -2.23. The molecular formula is C13H23N3OS2. The summed E-state index contributed by atoms with van der Waals surface area (Å²) in [6.07, 6.45) is 1.91. The minimum Gasteiger partial charge on any atom is -0.339 e. The third-order valence-electron chi connectivity index (χ3n) is 3.05. The second-order valence-electron chi connectivity index (χ2n) is 5.13. The summed E-state index contributed by atoms with van der Waals surface area (Å²) < 4.78 is 5.36. The standard InChI is InChI=1S/C13H23N3OS2/c1-9(2)14-6-4-5-11-15-13(16-17-11)12-10(3)18-7-8-19-12/h9-10,12,14H,4-8H2,1-3H3. The minimum absolute atomic E-state index is 0.394. The van der Waals surface area contributed by atoms with Gasteiger partial charge in [0.15, 0.2) is 5.82 Å². The Bertz CT molecular complexity index is 384. The molecule has 0 bridgehead atoms. The fraction of sp³-hybridized carbons (Fsp3) is 0.846. The smallest absolute Gasteiger partial charge is 0.226 e. The second-order valence-corrected chi connectivity index (χ2v) is 7.86. The van der Waals surface area contributed by atoms with Crippen molar-refractivity contribution >= 4 is 23.5 Å². The Kier molecular flexibility index (Phi) is 6.04. The molecule has 4 nitrogen and oxygen atoms in total. The molecule has 0 radical (unpaired) electrons. The first-order valence-corrected chi connectivity index (χ1v) is 9.05. The van der Waals surface area contributed by atoms with Gasteiger partial charge in [-0.25, -0.2) is 0 Å². The van der Waals surface area contributed by atoms with Crippen LogP contribution in [0.25, 0.3) is 0 Å². The molecule has 108 valence electrons. The van der Waals surface area contributed by atoms with E-state index in [1.807, 2.05) is 23.5 Å². The predicted octanol–water partition coefficient (Wildman–Crippen LogP) is 2.91. The van der Waals surface area contributed by atoms with Crippen LogP contribution in [0.15, 0.2) is 4.52 Å². The van der Waals surface area contributed by atoms with E-state index < -0.39 is 0 Å². The quantitative estimate of drug-likeness (QED) is 0.815. The van der Waals surface area contributed by atoms with Crippen LogP contribution in [-0.2, 0) is 6.42 Å². The molecule has 1 aliphatic rings. The summed E-state index contributed by atoms with van der Waals surface area (Å²) in [7, 11) is 0. The molecule has 2 atom stereocenters. The van der Waals surface area contributed by atoms with Crippen molar-refractivity contribution in [1.82, 2.24) is 15.5 Å². The van der Waals surface area contributed by atoms with Gasteiger partial charge >= 0.3 is 0 Å². The summed E-state index contributed by atoms with van der Waals surface area (Å²) in [5.74, 6) is 4.08. The Morgan fingerprint density at radius 2 is 2.16 bits per heavy atom. The molecule has 1 aromatic rings. The zero-order valence-electron chi connectivity index (χ0n) is 11.9. The highest BCUT2D eigenvalue weighted by Crippen LogP contribution is 2.41. The van der Waals surface area contributed by atoms with Crippen molar-refractivity contribution in [2.45, 2.75) is 50.2 Å². The third kappa shape index (κ3) is 4.68. The lowest BCUT2D eigenvalue weighted by molar-refractivity contribution is 0.368. The molecule has 2 heterocycles. The number of rotatable bonds is 6. The zero-order chi connectivity index (χ0) is 13.7. The second kappa shape index (κ2) is 7.55. The fourth-order valence-corrected chi connectivity index (χ4v) is 4.71. The first kappa shape index (κ1) is 15.2. The number of nitrogens with one attached hydrogen (secondary N) is 1. The summed E-state index contributed by atoms with van der Waals surface area (Å²) >= 11 is 3.95. The van der Waals surface area contributed by atoms with E-state index in [4.69, 9.17) is 4.52 Å². The number of aromatic nitrogens is 2. The Morgan fingerprint density at radius 3 is 2.89 bits per heavy atom. The fourth-order valence-electron chi connectivity index (χ4n) is 2.03. The summed E-state index contributed by atoms with van der Waals surface area (Å²) in [6.45, 7) is 7.57. The monoisotopic (exact) mass is 301 g/mol. The van der Waals surface area contributed by atoms with E-state index in [0.717, 1.165) is 31.1 Å². The predicted molar refractivity (Wildman–Crippen MR) is 82.9 cm³/mol. The van der Waals surface area contributed by atoms with Gasteiger partial charge in [-0.15, -0.1) is 11.8 Å². The van der Waals surface area contributed by atoms with E-state index in [9.17, 15) is 0 Å². The molecule has 1 saturated heterocycles. The Morgan fingerprint density at radius 1 is 1.37 bits per heavy atom. The van der Waals surface area contributed by atoms with Gasteiger partial charge in [0, 0.05) is 29.2 Å². The number of nitrogens with zero attached hydrogens (tertiary/aromatic N) is 2. The molecule has 2 rings (SSSR count). The summed E-state index contributed by atoms with van der Waals surface area (Å²) in [5, 5.41) is 8.53. The number of hydrogen-bond donors (Lipinski definition) is 1. The van der Waals surface area contributed by atoms with E-state index in [2.05, 4.69) is 36.2 Å². The molecule has 1 aromatic heterocycles. The van der Waals surface area contributed by atoms with Crippen molar-refractivity contribution in [1.29, 1.82) is 0 Å². The largest absolute Gasteiger partial charge is 0.339 e. The van der Waals surface area contributed by atoms with Gasteiger partial charge in [-0.05, 0) is 13.0 Å². The SMILES string of the molecule is CC(C)NCCCc1nc(C2SCCSC2C)no1. The summed E-state index contributed by atoms with van der Waals surface area (Å²) in [5.41, 5.74) is 0. The van der Waals surface area contributed by atoms with Gasteiger partial charge in [0.05, 0.1) is 5.25 Å². The zero-order valence-corrected chi connectivity index (χ0v) is 13.5. The van der Waals surface area contributed by atoms with E-state index >= 15 is 0 Å². The van der Waals surface area contributed by atoms with Crippen LogP contribution in [0.3, 0.4) is 0 Å². The minimum atomic E-state index is 0.394. The number of hydrogen-bond acceptors (Lipinski definition) is 6. The number of thioether (sulfide) groups is 2. The van der Waals surface area contributed by atoms with Gasteiger partial charge in [-0.3, -0.25) is 0 Å². The van der Waals surface area contributed by atoms with Crippen LogP contribution >= 0.6 is 23.5 Å². The van der Waals surface area contributed by atoms with Gasteiger partial charge in [0.2, 0.25) is 5.89 Å². The molecule has 1 N–H and O–H groups in total. The van der Waals surface area contributed by atoms with Crippen molar-refractivity contribution in [3.8, 4) is 0 Å². The van der Waals surface area contributed by atoms with Crippen molar-refractivity contribution in [3.05, 3.63) is 11.7 Å². The van der Waals surface area contributed by atoms with Crippen LogP contribution in [0.2, 0.25) is 0 Å². The molecular weight excluding hydrogens is 278 g/mol. The molecule has 6 heteroatoms. The van der Waals surface area contributed by atoms with E-state index in [0.29, 0.717) is 16.5 Å². The maximum Gasteiger partial charge on any atom is 0.226 e.